The standard InChI is InChI=1S/C21H17F2N5O4S/c1-3-4-32-15-9-25-13(8-26-15)17(29)27-10-5-11(16(23)12(22)6-10)20(2)14-7-21(14,18(30)31)33-19(24)28-20/h1,5-6,8-9,14H,4,7H2,2H3,(H2,24,28)(H,27,29)(H,30,31)/t14-,20+,21-/m0/s1. The number of anilines is 1. The summed E-state index contributed by atoms with van der Waals surface area (Å²) >= 11 is 0.902. The van der Waals surface area contributed by atoms with Gasteiger partial charge in [-0.2, -0.15) is 0 Å². The average Bonchev–Trinajstić information content (AvgIpc) is 3.52. The summed E-state index contributed by atoms with van der Waals surface area (Å²) in [4.78, 5) is 36.4. The Kier molecular flexibility index (Phi) is 5.45. The Morgan fingerprint density at radius 3 is 2.79 bits per heavy atom. The molecule has 2 aliphatic rings. The van der Waals surface area contributed by atoms with Crippen LogP contribution in [0.15, 0.2) is 29.5 Å². The van der Waals surface area contributed by atoms with E-state index in [1.54, 1.807) is 0 Å². The maximum Gasteiger partial charge on any atom is 0.320 e. The number of amidine groups is 1. The van der Waals surface area contributed by atoms with E-state index >= 15 is 0 Å². The zero-order valence-electron chi connectivity index (χ0n) is 17.1. The summed E-state index contributed by atoms with van der Waals surface area (Å²) in [5.41, 5.74) is 4.02. The molecule has 0 bridgehead atoms. The number of nitrogens with one attached hydrogen (secondary N) is 1. The fourth-order valence-electron chi connectivity index (χ4n) is 3.90. The zero-order chi connectivity index (χ0) is 24.0. The van der Waals surface area contributed by atoms with Gasteiger partial charge in [-0.25, -0.2) is 18.7 Å². The summed E-state index contributed by atoms with van der Waals surface area (Å²) in [7, 11) is 0. The SMILES string of the molecule is C#CCOc1cnc(C(=O)Nc2cc(F)c(F)c([C@@]3(C)N=C(N)S[C@@]4(C(=O)O)C[C@H]43)c2)cn1. The van der Waals surface area contributed by atoms with Gasteiger partial charge in [0.25, 0.3) is 5.91 Å². The number of nitrogens with zero attached hydrogens (tertiary/aromatic N) is 3. The van der Waals surface area contributed by atoms with Crippen molar-refractivity contribution in [3.63, 3.8) is 0 Å². The normalized spacial score (nSPS) is 25.3. The van der Waals surface area contributed by atoms with Gasteiger partial charge in [0.2, 0.25) is 5.88 Å². The van der Waals surface area contributed by atoms with Crippen LogP contribution in [0.4, 0.5) is 14.5 Å². The summed E-state index contributed by atoms with van der Waals surface area (Å²) < 4.78 is 33.2. The lowest BCUT2D eigenvalue weighted by Crippen LogP contribution is -2.39. The van der Waals surface area contributed by atoms with Crippen LogP contribution in [0.3, 0.4) is 0 Å². The molecule has 1 fully saturated rings. The van der Waals surface area contributed by atoms with Gasteiger partial charge in [0.15, 0.2) is 23.4 Å². The topological polar surface area (TPSA) is 140 Å². The van der Waals surface area contributed by atoms with E-state index < -0.39 is 39.7 Å². The van der Waals surface area contributed by atoms with Gasteiger partial charge in [0, 0.05) is 23.2 Å². The minimum Gasteiger partial charge on any atom is -0.480 e. The van der Waals surface area contributed by atoms with Gasteiger partial charge in [-0.1, -0.05) is 17.7 Å². The number of aromatic nitrogens is 2. The van der Waals surface area contributed by atoms with Gasteiger partial charge in [-0.15, -0.1) is 6.42 Å². The molecule has 4 rings (SSSR count). The summed E-state index contributed by atoms with van der Waals surface area (Å²) in [6.45, 7) is 1.48. The predicted molar refractivity (Wildman–Crippen MR) is 116 cm³/mol. The molecule has 1 aromatic heterocycles. The lowest BCUT2D eigenvalue weighted by molar-refractivity contribution is -0.137. The van der Waals surface area contributed by atoms with E-state index in [1.165, 1.54) is 19.2 Å². The molecular formula is C21H17F2N5O4S. The maximum absolute atomic E-state index is 14.9. The molecule has 1 aliphatic heterocycles. The number of thioether (sulfide) groups is 1. The number of carbonyl (C=O) groups is 2. The molecular weight excluding hydrogens is 456 g/mol. The minimum atomic E-state index is -1.44. The van der Waals surface area contributed by atoms with Crippen LogP contribution in [-0.4, -0.2) is 43.5 Å². The number of aliphatic imine (C=N–C) groups is 1. The Hall–Kier alpha value is -3.72. The number of ether oxygens (including phenoxy) is 1. The van der Waals surface area contributed by atoms with Crippen LogP contribution in [0.2, 0.25) is 0 Å². The van der Waals surface area contributed by atoms with Gasteiger partial charge in [-0.05, 0) is 19.4 Å². The number of nitrogens with two attached hydrogens (primary N) is 1. The molecule has 1 aliphatic carbocycles. The molecule has 0 saturated heterocycles. The minimum absolute atomic E-state index is 0.0215. The Labute approximate surface area is 190 Å². The van der Waals surface area contributed by atoms with Gasteiger partial charge >= 0.3 is 5.97 Å². The van der Waals surface area contributed by atoms with Crippen LogP contribution < -0.4 is 15.8 Å². The van der Waals surface area contributed by atoms with E-state index in [9.17, 15) is 23.5 Å². The number of halogens is 2. The van der Waals surface area contributed by atoms with E-state index in [-0.39, 0.29) is 41.0 Å². The molecule has 2 heterocycles. The maximum atomic E-state index is 14.9. The number of benzene rings is 1. The lowest BCUT2D eigenvalue weighted by atomic mass is 9.85. The van der Waals surface area contributed by atoms with Crippen molar-refractivity contribution in [3.05, 3.63) is 47.4 Å². The number of terminal acetylenes is 1. The van der Waals surface area contributed by atoms with E-state index in [4.69, 9.17) is 16.9 Å². The number of amides is 1. The fraction of sp³-hybridized carbons (Fsp3) is 0.286. The van der Waals surface area contributed by atoms with Crippen LogP contribution in [0.25, 0.3) is 0 Å². The number of aliphatic carboxylic acids is 1. The Morgan fingerprint density at radius 1 is 1.39 bits per heavy atom. The van der Waals surface area contributed by atoms with E-state index in [0.29, 0.717) is 0 Å². The molecule has 0 radical (unpaired) electrons. The summed E-state index contributed by atoms with van der Waals surface area (Å²) in [5, 5.41) is 12.0. The van der Waals surface area contributed by atoms with Crippen molar-refractivity contribution in [2.24, 2.45) is 16.6 Å². The smallest absolute Gasteiger partial charge is 0.320 e. The van der Waals surface area contributed by atoms with Crippen LogP contribution in [-0.2, 0) is 10.3 Å². The molecule has 12 heteroatoms. The lowest BCUT2D eigenvalue weighted by Gasteiger charge is -2.33. The van der Waals surface area contributed by atoms with E-state index in [0.717, 1.165) is 24.0 Å². The third kappa shape index (κ3) is 3.84. The third-order valence-corrected chi connectivity index (χ3v) is 6.87. The number of fused-ring (bicyclic) bond motifs is 1. The second-order valence-corrected chi connectivity index (χ2v) is 9.01. The summed E-state index contributed by atoms with van der Waals surface area (Å²) in [5.74, 6) is -2.49. The first-order chi connectivity index (χ1) is 15.6. The Morgan fingerprint density at radius 2 is 2.15 bits per heavy atom. The van der Waals surface area contributed by atoms with Crippen LogP contribution >= 0.6 is 11.8 Å². The van der Waals surface area contributed by atoms with Gasteiger partial charge in [0.1, 0.15) is 10.4 Å². The quantitative estimate of drug-likeness (QED) is 0.542. The van der Waals surface area contributed by atoms with Crippen molar-refractivity contribution < 1.29 is 28.2 Å². The monoisotopic (exact) mass is 473 g/mol. The van der Waals surface area contributed by atoms with Crippen LogP contribution in [0.5, 0.6) is 5.88 Å². The van der Waals surface area contributed by atoms with Crippen molar-refractivity contribution in [3.8, 4) is 18.2 Å². The van der Waals surface area contributed by atoms with Crippen molar-refractivity contribution in [1.82, 2.24) is 9.97 Å². The van der Waals surface area contributed by atoms with Crippen LogP contribution in [0, 0.1) is 29.9 Å². The van der Waals surface area contributed by atoms with Crippen molar-refractivity contribution in [1.29, 1.82) is 0 Å². The largest absolute Gasteiger partial charge is 0.480 e. The van der Waals surface area contributed by atoms with Crippen molar-refractivity contribution in [2.45, 2.75) is 23.6 Å². The number of carbonyl (C=O) groups excluding carboxylic acids is 1. The highest BCUT2D eigenvalue weighted by Crippen LogP contribution is 2.66. The highest BCUT2D eigenvalue weighted by Gasteiger charge is 2.71. The predicted octanol–water partition coefficient (Wildman–Crippen LogP) is 2.14. The molecule has 2 aromatic rings. The molecule has 1 aromatic carbocycles. The summed E-state index contributed by atoms with van der Waals surface area (Å²) in [6, 6.07) is 2.02. The number of hydrogen-bond acceptors (Lipinski definition) is 8. The molecule has 33 heavy (non-hydrogen) atoms. The molecule has 1 amide bonds. The average molecular weight is 473 g/mol. The second-order valence-electron chi connectivity index (χ2n) is 7.66. The molecule has 0 spiro atoms. The zero-order valence-corrected chi connectivity index (χ0v) is 17.9. The highest BCUT2D eigenvalue weighted by molar-refractivity contribution is 8.15. The van der Waals surface area contributed by atoms with Gasteiger partial charge in [0.05, 0.1) is 17.9 Å². The first kappa shape index (κ1) is 22.5. The van der Waals surface area contributed by atoms with Gasteiger partial charge in [-0.3, -0.25) is 14.6 Å². The molecule has 0 unspecified atom stereocenters. The van der Waals surface area contributed by atoms with Crippen molar-refractivity contribution >= 4 is 34.5 Å². The number of hydrogen-bond donors (Lipinski definition) is 3. The molecule has 170 valence electrons. The third-order valence-electron chi connectivity index (χ3n) is 5.58. The number of rotatable bonds is 6. The first-order valence-electron chi connectivity index (χ1n) is 9.57. The first-order valence-corrected chi connectivity index (χ1v) is 10.4. The number of carboxylic acids is 1. The Balaban J connectivity index is 1.63. The van der Waals surface area contributed by atoms with Crippen LogP contribution in [0.1, 0.15) is 29.4 Å². The second kappa shape index (κ2) is 8.00. The molecule has 9 nitrogen and oxygen atoms in total. The van der Waals surface area contributed by atoms with E-state index in [2.05, 4.69) is 26.2 Å². The molecule has 4 N–H and O–H groups in total. The fourth-order valence-corrected chi connectivity index (χ4v) is 5.22. The molecule has 1 saturated carbocycles. The number of carboxylic acid groups (broad SMARTS) is 1. The molecule has 3 atom stereocenters. The van der Waals surface area contributed by atoms with Crippen molar-refractivity contribution in [2.75, 3.05) is 11.9 Å². The highest BCUT2D eigenvalue weighted by atomic mass is 32.2. The van der Waals surface area contributed by atoms with Gasteiger partial charge < -0.3 is 20.9 Å². The Bertz CT molecular complexity index is 1230. The summed E-state index contributed by atoms with van der Waals surface area (Å²) in [6.07, 6.45) is 7.61. The van der Waals surface area contributed by atoms with E-state index in [1.807, 2.05) is 0 Å².